The number of aliphatic hydroxyl groups is 1. The normalized spacial score (nSPS) is 27.9. The van der Waals surface area contributed by atoms with E-state index in [1.807, 2.05) is 0 Å². The third kappa shape index (κ3) is 3.43. The second kappa shape index (κ2) is 6.86. The first kappa shape index (κ1) is 16.4. The van der Waals surface area contributed by atoms with E-state index in [-0.39, 0.29) is 19.8 Å². The minimum absolute atomic E-state index is 0.215. The van der Waals surface area contributed by atoms with Crippen LogP contribution in [-0.4, -0.2) is 42.7 Å². The maximum Gasteiger partial charge on any atom is 0.361 e. The summed E-state index contributed by atoms with van der Waals surface area (Å²) in [5.74, 6) is -1.91. The molecule has 0 aromatic carbocycles. The van der Waals surface area contributed by atoms with E-state index in [1.54, 1.807) is 13.8 Å². The van der Waals surface area contributed by atoms with Gasteiger partial charge in [0.05, 0.1) is 19.8 Å². The molecule has 1 aliphatic carbocycles. The number of rotatable bonds is 6. The van der Waals surface area contributed by atoms with Gasteiger partial charge in [0.25, 0.3) is 0 Å². The van der Waals surface area contributed by atoms with Gasteiger partial charge in [-0.3, -0.25) is 4.57 Å². The van der Waals surface area contributed by atoms with Gasteiger partial charge in [0.15, 0.2) is 11.6 Å². The van der Waals surface area contributed by atoms with Crippen molar-refractivity contribution in [1.29, 1.82) is 0 Å². The maximum absolute atomic E-state index is 12.5. The minimum atomic E-state index is -3.58. The van der Waals surface area contributed by atoms with Crippen LogP contribution < -0.4 is 0 Å². The van der Waals surface area contributed by atoms with Crippen LogP contribution in [0.15, 0.2) is 0 Å². The lowest BCUT2D eigenvalue weighted by Gasteiger charge is -2.32. The average molecular weight is 308 g/mol. The molecular weight excluding hydrogens is 283 g/mol. The molecule has 6 nitrogen and oxygen atoms in total. The molecule has 0 aromatic rings. The Bertz CT molecular complexity index is 345. The second-order valence-electron chi connectivity index (χ2n) is 5.23. The molecule has 2 aliphatic rings. The van der Waals surface area contributed by atoms with E-state index < -0.39 is 25.3 Å². The standard InChI is InChI=1S/C13H25O6P/c1-3-17-20(15,18-4-2)12(14)11-10-16-13(19-11)8-6-5-7-9-13/h11-12,14H,3-10H2,1-2H3/t11-,12-/m1/s1. The van der Waals surface area contributed by atoms with E-state index in [0.717, 1.165) is 25.7 Å². The Kier molecular flexibility index (Phi) is 5.63. The van der Waals surface area contributed by atoms with Crippen molar-refractivity contribution >= 4 is 7.60 Å². The Labute approximate surface area is 120 Å². The van der Waals surface area contributed by atoms with Crippen LogP contribution in [0.5, 0.6) is 0 Å². The highest BCUT2D eigenvalue weighted by Gasteiger charge is 2.50. The number of ether oxygens (including phenoxy) is 2. The zero-order valence-corrected chi connectivity index (χ0v) is 13.1. The Hall–Kier alpha value is 0.0300. The fraction of sp³-hybridized carbons (Fsp3) is 1.00. The molecule has 0 bridgehead atoms. The summed E-state index contributed by atoms with van der Waals surface area (Å²) in [6.45, 7) is 4.09. The monoisotopic (exact) mass is 308 g/mol. The van der Waals surface area contributed by atoms with Crippen LogP contribution in [0.25, 0.3) is 0 Å². The van der Waals surface area contributed by atoms with Crippen molar-refractivity contribution in [3.05, 3.63) is 0 Å². The molecule has 1 saturated carbocycles. The number of aliphatic hydroxyl groups excluding tert-OH is 1. The fourth-order valence-corrected chi connectivity index (χ4v) is 4.48. The summed E-state index contributed by atoms with van der Waals surface area (Å²) >= 11 is 0. The topological polar surface area (TPSA) is 74.2 Å². The predicted octanol–water partition coefficient (Wildman–Crippen LogP) is 2.65. The van der Waals surface area contributed by atoms with Gasteiger partial charge >= 0.3 is 7.60 Å². The van der Waals surface area contributed by atoms with Crippen LogP contribution in [0, 0.1) is 0 Å². The zero-order valence-electron chi connectivity index (χ0n) is 12.2. The van der Waals surface area contributed by atoms with Gasteiger partial charge in [-0.2, -0.15) is 0 Å². The average Bonchev–Trinajstić information content (AvgIpc) is 2.83. The van der Waals surface area contributed by atoms with Crippen LogP contribution in [0.4, 0.5) is 0 Å². The molecule has 1 spiro atoms. The molecule has 1 aliphatic heterocycles. The van der Waals surface area contributed by atoms with Crippen molar-refractivity contribution in [2.24, 2.45) is 0 Å². The number of hydrogen-bond donors (Lipinski definition) is 1. The van der Waals surface area contributed by atoms with Gasteiger partial charge < -0.3 is 23.6 Å². The predicted molar refractivity (Wildman–Crippen MR) is 73.5 cm³/mol. The highest BCUT2D eigenvalue weighted by Crippen LogP contribution is 2.55. The van der Waals surface area contributed by atoms with E-state index >= 15 is 0 Å². The zero-order chi connectivity index (χ0) is 14.6. The van der Waals surface area contributed by atoms with Crippen LogP contribution in [0.1, 0.15) is 46.0 Å². The van der Waals surface area contributed by atoms with Crippen molar-refractivity contribution in [3.8, 4) is 0 Å². The highest BCUT2D eigenvalue weighted by molar-refractivity contribution is 7.54. The van der Waals surface area contributed by atoms with Crippen LogP contribution in [0.2, 0.25) is 0 Å². The van der Waals surface area contributed by atoms with Gasteiger partial charge in [-0.05, 0) is 26.7 Å². The van der Waals surface area contributed by atoms with Crippen LogP contribution in [0.3, 0.4) is 0 Å². The first-order valence-electron chi connectivity index (χ1n) is 7.44. The quantitative estimate of drug-likeness (QED) is 0.760. The molecule has 7 heteroatoms. The molecular formula is C13H25O6P. The van der Waals surface area contributed by atoms with E-state index in [2.05, 4.69) is 0 Å². The Balaban J connectivity index is 2.02. The van der Waals surface area contributed by atoms with E-state index in [9.17, 15) is 9.67 Å². The summed E-state index contributed by atoms with van der Waals surface area (Å²) in [6, 6.07) is 0. The summed E-state index contributed by atoms with van der Waals surface area (Å²) in [5.41, 5.74) is 0. The molecule has 1 saturated heterocycles. The Morgan fingerprint density at radius 3 is 2.40 bits per heavy atom. The Morgan fingerprint density at radius 1 is 1.25 bits per heavy atom. The van der Waals surface area contributed by atoms with Gasteiger partial charge in [-0.25, -0.2) is 0 Å². The smallest absolute Gasteiger partial charge is 0.361 e. The van der Waals surface area contributed by atoms with E-state index in [1.165, 1.54) is 6.42 Å². The van der Waals surface area contributed by atoms with Gasteiger partial charge in [-0.1, -0.05) is 6.42 Å². The molecule has 0 amide bonds. The van der Waals surface area contributed by atoms with Crippen LogP contribution >= 0.6 is 7.60 Å². The summed E-state index contributed by atoms with van der Waals surface area (Å²) in [4.78, 5) is 0. The molecule has 2 fully saturated rings. The molecule has 0 unspecified atom stereocenters. The third-order valence-corrected chi connectivity index (χ3v) is 5.98. The number of hydrogen-bond acceptors (Lipinski definition) is 6. The summed E-state index contributed by atoms with van der Waals surface area (Å²) in [5, 5.41) is 10.3. The molecule has 118 valence electrons. The minimum Gasteiger partial charge on any atom is -0.378 e. The lowest BCUT2D eigenvalue weighted by Crippen LogP contribution is -2.36. The molecule has 2 rings (SSSR count). The molecule has 0 radical (unpaired) electrons. The molecule has 2 atom stereocenters. The third-order valence-electron chi connectivity index (χ3n) is 3.77. The molecule has 20 heavy (non-hydrogen) atoms. The molecule has 1 heterocycles. The summed E-state index contributed by atoms with van der Waals surface area (Å²) < 4.78 is 34.5. The van der Waals surface area contributed by atoms with Crippen molar-refractivity contribution < 1.29 is 28.2 Å². The summed E-state index contributed by atoms with van der Waals surface area (Å²) in [6.07, 6.45) is 4.28. The largest absolute Gasteiger partial charge is 0.378 e. The second-order valence-corrected chi connectivity index (χ2v) is 7.35. The summed E-state index contributed by atoms with van der Waals surface area (Å²) in [7, 11) is -3.58. The van der Waals surface area contributed by atoms with E-state index in [0.29, 0.717) is 0 Å². The highest BCUT2D eigenvalue weighted by atomic mass is 31.2. The first-order chi connectivity index (χ1) is 9.55. The van der Waals surface area contributed by atoms with E-state index in [4.69, 9.17) is 18.5 Å². The van der Waals surface area contributed by atoms with Crippen molar-refractivity contribution in [1.82, 2.24) is 0 Å². The van der Waals surface area contributed by atoms with Crippen LogP contribution in [-0.2, 0) is 23.1 Å². The van der Waals surface area contributed by atoms with Crippen molar-refractivity contribution in [2.75, 3.05) is 19.8 Å². The van der Waals surface area contributed by atoms with Gasteiger partial charge in [0.1, 0.15) is 6.10 Å². The SMILES string of the molecule is CCOP(=O)(OCC)[C@@H](O)[C@H]1COC2(CCCCC2)O1. The lowest BCUT2D eigenvalue weighted by atomic mass is 9.94. The van der Waals surface area contributed by atoms with Gasteiger partial charge in [0, 0.05) is 12.8 Å². The molecule has 0 aromatic heterocycles. The van der Waals surface area contributed by atoms with Gasteiger partial charge in [0.2, 0.25) is 0 Å². The van der Waals surface area contributed by atoms with Crippen molar-refractivity contribution in [2.45, 2.75) is 63.7 Å². The maximum atomic E-state index is 12.5. The van der Waals surface area contributed by atoms with Crippen molar-refractivity contribution in [3.63, 3.8) is 0 Å². The fourth-order valence-electron chi connectivity index (χ4n) is 2.83. The first-order valence-corrected chi connectivity index (χ1v) is 9.05. The Morgan fingerprint density at radius 2 is 1.85 bits per heavy atom. The lowest BCUT2D eigenvalue weighted by molar-refractivity contribution is -0.192. The molecule has 1 N–H and O–H groups in total. The van der Waals surface area contributed by atoms with Gasteiger partial charge in [-0.15, -0.1) is 0 Å².